The van der Waals surface area contributed by atoms with Gasteiger partial charge < -0.3 is 17.7 Å². The largest absolute Gasteiger partial charge is 0.394 e. The maximum absolute atomic E-state index is 6.62. The minimum Gasteiger partial charge on any atom is -0.394 e. The first-order valence-electron chi connectivity index (χ1n) is 17.2. The Morgan fingerprint density at radius 1 is 0.395 bits per heavy atom. The fourth-order valence-corrected chi connectivity index (χ4v) is 18.5. The molecule has 0 unspecified atom stereocenters. The van der Waals surface area contributed by atoms with Crippen molar-refractivity contribution < 1.29 is 17.7 Å². The van der Waals surface area contributed by atoms with Crippen LogP contribution in [0.3, 0.4) is 0 Å². The van der Waals surface area contributed by atoms with Crippen LogP contribution in [0.5, 0.6) is 0 Å². The number of rotatable bonds is 14. The standard InChI is InChI=1S/C17H34O2Si.C15H30O2Si/c1-3-14-18-20(19-15-4-2,17-12-8-9-13-17)16-10-6-5-7-11-16;1-3-16-18(17-4-2,15-12-8-9-13-15)14-10-6-5-7-11-14/h16-17H,3-15H2,1-2H3;14-15H,3-13H2,1-2H3. The van der Waals surface area contributed by atoms with Gasteiger partial charge in [-0.3, -0.25) is 0 Å². The van der Waals surface area contributed by atoms with E-state index in [2.05, 4.69) is 27.7 Å². The molecule has 0 bridgehead atoms. The summed E-state index contributed by atoms with van der Waals surface area (Å²) in [6.45, 7) is 12.3. The highest BCUT2D eigenvalue weighted by molar-refractivity contribution is 6.71. The lowest BCUT2D eigenvalue weighted by Gasteiger charge is -2.43. The second kappa shape index (κ2) is 17.9. The minimum absolute atomic E-state index is 0.772. The normalized spacial score (nSPS) is 23.1. The fraction of sp³-hybridized carbons (Fsp3) is 1.00. The topological polar surface area (TPSA) is 36.9 Å². The third-order valence-corrected chi connectivity index (χ3v) is 19.7. The Hall–Kier alpha value is 0.274. The summed E-state index contributed by atoms with van der Waals surface area (Å²) in [5.41, 5.74) is 3.11. The van der Waals surface area contributed by atoms with Crippen LogP contribution in [0.4, 0.5) is 0 Å². The van der Waals surface area contributed by atoms with E-state index in [-0.39, 0.29) is 0 Å². The van der Waals surface area contributed by atoms with Crippen LogP contribution in [0, 0.1) is 0 Å². The summed E-state index contributed by atoms with van der Waals surface area (Å²) in [5.74, 6) is 0. The van der Waals surface area contributed by atoms with Crippen molar-refractivity contribution >= 4 is 17.1 Å². The first kappa shape index (κ1) is 32.8. The van der Waals surface area contributed by atoms with E-state index in [1.807, 2.05) is 0 Å². The first-order chi connectivity index (χ1) is 18.7. The molecule has 4 nitrogen and oxygen atoms in total. The Labute approximate surface area is 239 Å². The molecule has 38 heavy (non-hydrogen) atoms. The van der Waals surface area contributed by atoms with Gasteiger partial charge >= 0.3 is 17.1 Å². The van der Waals surface area contributed by atoms with Crippen molar-refractivity contribution in [2.24, 2.45) is 0 Å². The Bertz CT molecular complexity index is 580. The van der Waals surface area contributed by atoms with Crippen LogP contribution in [0.25, 0.3) is 0 Å². The van der Waals surface area contributed by atoms with Crippen molar-refractivity contribution in [2.75, 3.05) is 26.4 Å². The fourth-order valence-electron chi connectivity index (χ4n) is 8.33. The molecule has 4 fully saturated rings. The summed E-state index contributed by atoms with van der Waals surface area (Å²) in [6, 6.07) is 0. The van der Waals surface area contributed by atoms with Crippen molar-refractivity contribution in [1.82, 2.24) is 0 Å². The van der Waals surface area contributed by atoms with Crippen LogP contribution >= 0.6 is 0 Å². The minimum atomic E-state index is -2.00. The van der Waals surface area contributed by atoms with Crippen molar-refractivity contribution in [3.8, 4) is 0 Å². The van der Waals surface area contributed by atoms with Gasteiger partial charge in [0.1, 0.15) is 0 Å². The average molecular weight is 569 g/mol. The summed E-state index contributed by atoms with van der Waals surface area (Å²) < 4.78 is 26.1. The SMILES string of the molecule is CCCO[Si](OCCC)(C1CCCCC1)C1CCCC1.CCO[Si](OCC)(C1CCCCC1)C1CCCC1. The van der Waals surface area contributed by atoms with Crippen molar-refractivity contribution in [3.63, 3.8) is 0 Å². The highest BCUT2D eigenvalue weighted by Gasteiger charge is 2.53. The Morgan fingerprint density at radius 2 is 0.658 bits per heavy atom. The molecule has 224 valence electrons. The van der Waals surface area contributed by atoms with E-state index in [1.165, 1.54) is 116 Å². The van der Waals surface area contributed by atoms with E-state index in [1.54, 1.807) is 0 Å². The Balaban J connectivity index is 0.000000212. The van der Waals surface area contributed by atoms with E-state index in [9.17, 15) is 0 Å². The van der Waals surface area contributed by atoms with Crippen molar-refractivity contribution in [3.05, 3.63) is 0 Å². The maximum Gasteiger partial charge on any atom is 0.344 e. The van der Waals surface area contributed by atoms with Gasteiger partial charge in [-0.25, -0.2) is 0 Å². The molecule has 6 heteroatoms. The molecular weight excluding hydrogens is 505 g/mol. The smallest absolute Gasteiger partial charge is 0.344 e. The molecule has 4 aliphatic carbocycles. The van der Waals surface area contributed by atoms with E-state index in [0.29, 0.717) is 0 Å². The monoisotopic (exact) mass is 568 g/mol. The predicted octanol–water partition coefficient (Wildman–Crippen LogP) is 10.3. The number of hydrogen-bond donors (Lipinski definition) is 0. The zero-order valence-electron chi connectivity index (χ0n) is 25.9. The third-order valence-electron chi connectivity index (χ3n) is 10.0. The van der Waals surface area contributed by atoms with Crippen LogP contribution < -0.4 is 0 Å². The molecule has 0 saturated heterocycles. The summed E-state index contributed by atoms with van der Waals surface area (Å²) in [4.78, 5) is 0. The first-order valence-corrected chi connectivity index (χ1v) is 21.2. The third kappa shape index (κ3) is 8.64. The van der Waals surface area contributed by atoms with Gasteiger partial charge in [0.05, 0.1) is 0 Å². The van der Waals surface area contributed by atoms with E-state index < -0.39 is 17.1 Å². The molecule has 4 aliphatic rings. The summed E-state index contributed by atoms with van der Waals surface area (Å²) in [7, 11) is -3.97. The highest BCUT2D eigenvalue weighted by atomic mass is 28.4. The van der Waals surface area contributed by atoms with Gasteiger partial charge in [0.2, 0.25) is 0 Å². The molecule has 0 aromatic carbocycles. The molecule has 0 spiro atoms. The zero-order chi connectivity index (χ0) is 27.1. The lowest BCUT2D eigenvalue weighted by molar-refractivity contribution is 0.140. The van der Waals surface area contributed by atoms with Crippen molar-refractivity contribution in [2.45, 2.75) is 178 Å². The Morgan fingerprint density at radius 3 is 0.921 bits per heavy atom. The molecule has 0 atom stereocenters. The summed E-state index contributed by atoms with van der Waals surface area (Å²) in [5, 5.41) is 0. The molecule has 0 heterocycles. The van der Waals surface area contributed by atoms with Crippen LogP contribution in [0.1, 0.15) is 156 Å². The maximum atomic E-state index is 6.62. The summed E-state index contributed by atoms with van der Waals surface area (Å²) >= 11 is 0. The highest BCUT2D eigenvalue weighted by Crippen LogP contribution is 2.51. The molecule has 0 N–H and O–H groups in total. The second-order valence-electron chi connectivity index (χ2n) is 12.6. The van der Waals surface area contributed by atoms with Crippen LogP contribution in [-0.4, -0.2) is 43.5 Å². The molecule has 4 saturated carbocycles. The van der Waals surface area contributed by atoms with E-state index in [4.69, 9.17) is 17.7 Å². The number of hydrogen-bond acceptors (Lipinski definition) is 4. The van der Waals surface area contributed by atoms with Gasteiger partial charge in [-0.2, -0.15) is 0 Å². The lowest BCUT2D eigenvalue weighted by Crippen LogP contribution is -2.51. The lowest BCUT2D eigenvalue weighted by atomic mass is 10.0. The van der Waals surface area contributed by atoms with Gasteiger partial charge in [0.25, 0.3) is 0 Å². The molecular formula is C32H64O4Si2. The molecule has 0 aromatic heterocycles. The van der Waals surface area contributed by atoms with Gasteiger partial charge in [0, 0.05) is 48.6 Å². The van der Waals surface area contributed by atoms with Crippen LogP contribution in [0.2, 0.25) is 22.2 Å². The predicted molar refractivity (Wildman–Crippen MR) is 165 cm³/mol. The Kier molecular flexibility index (Phi) is 15.5. The summed E-state index contributed by atoms with van der Waals surface area (Å²) in [6.07, 6.45) is 27.2. The molecule has 0 radical (unpaired) electrons. The van der Waals surface area contributed by atoms with Gasteiger partial charge in [0.15, 0.2) is 0 Å². The molecule has 0 aromatic rings. The molecule has 0 amide bonds. The second-order valence-corrected chi connectivity index (χ2v) is 19.9. The average Bonchev–Trinajstić information content (AvgIpc) is 3.71. The van der Waals surface area contributed by atoms with Crippen molar-refractivity contribution in [1.29, 1.82) is 0 Å². The molecule has 0 aliphatic heterocycles. The van der Waals surface area contributed by atoms with Gasteiger partial charge in [-0.1, -0.05) is 78.1 Å². The molecule has 4 rings (SSSR count). The van der Waals surface area contributed by atoms with Crippen LogP contribution in [0.15, 0.2) is 0 Å². The van der Waals surface area contributed by atoms with Gasteiger partial charge in [-0.05, 0) is 78.1 Å². The van der Waals surface area contributed by atoms with E-state index in [0.717, 1.165) is 61.4 Å². The van der Waals surface area contributed by atoms with Gasteiger partial charge in [-0.15, -0.1) is 0 Å². The van der Waals surface area contributed by atoms with Crippen LogP contribution in [-0.2, 0) is 17.7 Å². The zero-order valence-corrected chi connectivity index (χ0v) is 27.9. The van der Waals surface area contributed by atoms with E-state index >= 15 is 0 Å². The quantitative estimate of drug-likeness (QED) is 0.195.